The first-order chi connectivity index (χ1) is 9.74. The molecule has 0 spiro atoms. The molecule has 0 aromatic heterocycles. The van der Waals surface area contributed by atoms with Crippen LogP contribution in [0.5, 0.6) is 0 Å². The molecule has 0 bridgehead atoms. The highest BCUT2D eigenvalue weighted by Crippen LogP contribution is 2.31. The van der Waals surface area contributed by atoms with E-state index in [2.05, 4.69) is 5.32 Å². The lowest BCUT2D eigenvalue weighted by Crippen LogP contribution is -2.56. The minimum Gasteiger partial charge on any atom is -0.464 e. The number of rotatable bonds is 6. The summed E-state index contributed by atoms with van der Waals surface area (Å²) in [5.41, 5.74) is 1.00. The minimum atomic E-state index is -0.941. The fourth-order valence-electron chi connectivity index (χ4n) is 2.46. The third kappa shape index (κ3) is 2.85. The molecule has 1 aromatic carbocycles. The van der Waals surface area contributed by atoms with Crippen molar-refractivity contribution in [1.82, 2.24) is 5.32 Å². The minimum absolute atomic E-state index is 0.270. The first kappa shape index (κ1) is 15.0. The highest BCUT2D eigenvalue weighted by Gasteiger charge is 2.45. The lowest BCUT2D eigenvalue weighted by Gasteiger charge is -2.37. The van der Waals surface area contributed by atoms with E-state index >= 15 is 0 Å². The Labute approximate surface area is 119 Å². The van der Waals surface area contributed by atoms with Crippen molar-refractivity contribution in [2.24, 2.45) is 0 Å². The van der Waals surface area contributed by atoms with Gasteiger partial charge in [0, 0.05) is 13.7 Å². The molecular weight excluding hydrogens is 258 g/mol. The van der Waals surface area contributed by atoms with Crippen LogP contribution in [0, 0.1) is 0 Å². The Bertz CT molecular complexity index is 463. The zero-order valence-corrected chi connectivity index (χ0v) is 12.0. The molecule has 0 saturated heterocycles. The lowest BCUT2D eigenvalue weighted by atomic mass is 9.85. The number of hydrogen-bond acceptors (Lipinski definition) is 5. The SMILES string of the molecule is CCOC(=O)C1(NCCOC)COCc2ccccc21. The summed E-state index contributed by atoms with van der Waals surface area (Å²) in [6.07, 6.45) is 0. The summed E-state index contributed by atoms with van der Waals surface area (Å²) in [4.78, 5) is 12.5. The maximum atomic E-state index is 12.5. The quantitative estimate of drug-likeness (QED) is 0.626. The molecule has 0 radical (unpaired) electrons. The lowest BCUT2D eigenvalue weighted by molar-refractivity contribution is -0.156. The van der Waals surface area contributed by atoms with Gasteiger partial charge in [-0.25, -0.2) is 4.79 Å². The molecule has 1 N–H and O–H groups in total. The van der Waals surface area contributed by atoms with Crippen molar-refractivity contribution in [2.75, 3.05) is 33.5 Å². The van der Waals surface area contributed by atoms with Crippen LogP contribution in [0.15, 0.2) is 24.3 Å². The van der Waals surface area contributed by atoms with E-state index in [0.29, 0.717) is 26.4 Å². The number of carbonyl (C=O) groups excluding carboxylic acids is 1. The maximum absolute atomic E-state index is 12.5. The molecule has 0 saturated carbocycles. The second-order valence-electron chi connectivity index (χ2n) is 4.70. The molecule has 20 heavy (non-hydrogen) atoms. The van der Waals surface area contributed by atoms with Gasteiger partial charge in [-0.05, 0) is 18.1 Å². The molecule has 110 valence electrons. The van der Waals surface area contributed by atoms with Gasteiger partial charge >= 0.3 is 5.97 Å². The molecule has 1 aliphatic heterocycles. The normalized spacial score (nSPS) is 21.3. The highest BCUT2D eigenvalue weighted by atomic mass is 16.5. The standard InChI is InChI=1S/C15H21NO4/c1-3-20-14(17)15(16-8-9-18-2)11-19-10-12-6-4-5-7-13(12)15/h4-7,16H,3,8-11H2,1-2H3. The van der Waals surface area contributed by atoms with Gasteiger partial charge in [-0.15, -0.1) is 0 Å². The van der Waals surface area contributed by atoms with Crippen molar-refractivity contribution in [3.63, 3.8) is 0 Å². The number of fused-ring (bicyclic) bond motifs is 1. The summed E-state index contributed by atoms with van der Waals surface area (Å²) < 4.78 is 15.9. The molecule has 1 heterocycles. The fraction of sp³-hybridized carbons (Fsp3) is 0.533. The van der Waals surface area contributed by atoms with Crippen LogP contribution >= 0.6 is 0 Å². The smallest absolute Gasteiger partial charge is 0.333 e. The van der Waals surface area contributed by atoms with Crippen LogP contribution in [0.25, 0.3) is 0 Å². The first-order valence-electron chi connectivity index (χ1n) is 6.82. The summed E-state index contributed by atoms with van der Waals surface area (Å²) in [7, 11) is 1.63. The molecular formula is C15H21NO4. The Morgan fingerprint density at radius 1 is 1.45 bits per heavy atom. The molecule has 0 fully saturated rings. The van der Waals surface area contributed by atoms with Crippen LogP contribution in [0.4, 0.5) is 0 Å². The van der Waals surface area contributed by atoms with Crippen molar-refractivity contribution in [3.8, 4) is 0 Å². The van der Waals surface area contributed by atoms with E-state index in [1.807, 2.05) is 24.3 Å². The van der Waals surface area contributed by atoms with Crippen LogP contribution in [-0.2, 0) is 31.2 Å². The topological polar surface area (TPSA) is 56.8 Å². The van der Waals surface area contributed by atoms with E-state index in [4.69, 9.17) is 14.2 Å². The van der Waals surface area contributed by atoms with Gasteiger partial charge in [-0.1, -0.05) is 24.3 Å². The van der Waals surface area contributed by atoms with E-state index in [9.17, 15) is 4.79 Å². The van der Waals surface area contributed by atoms with E-state index in [1.54, 1.807) is 14.0 Å². The Kier molecular flexibility index (Phi) is 5.11. The molecule has 5 heteroatoms. The van der Waals surface area contributed by atoms with Gasteiger partial charge in [0.25, 0.3) is 0 Å². The van der Waals surface area contributed by atoms with Crippen molar-refractivity contribution in [2.45, 2.75) is 19.1 Å². The van der Waals surface area contributed by atoms with Gasteiger partial charge in [-0.3, -0.25) is 5.32 Å². The number of nitrogens with one attached hydrogen (secondary N) is 1. The van der Waals surface area contributed by atoms with E-state index < -0.39 is 5.54 Å². The predicted octanol–water partition coefficient (Wildman–Crippen LogP) is 1.21. The van der Waals surface area contributed by atoms with Crippen LogP contribution in [0.3, 0.4) is 0 Å². The van der Waals surface area contributed by atoms with Crippen molar-refractivity contribution < 1.29 is 19.0 Å². The first-order valence-corrected chi connectivity index (χ1v) is 6.82. The fourth-order valence-corrected chi connectivity index (χ4v) is 2.46. The molecule has 5 nitrogen and oxygen atoms in total. The van der Waals surface area contributed by atoms with Gasteiger partial charge in [0.2, 0.25) is 0 Å². The van der Waals surface area contributed by atoms with Gasteiger partial charge < -0.3 is 14.2 Å². The monoisotopic (exact) mass is 279 g/mol. The number of benzene rings is 1. The van der Waals surface area contributed by atoms with Crippen molar-refractivity contribution >= 4 is 5.97 Å². The second kappa shape index (κ2) is 6.83. The van der Waals surface area contributed by atoms with E-state index in [0.717, 1.165) is 11.1 Å². The Morgan fingerprint density at radius 3 is 3.00 bits per heavy atom. The Hall–Kier alpha value is -1.43. The van der Waals surface area contributed by atoms with E-state index in [1.165, 1.54) is 0 Å². The third-order valence-electron chi connectivity index (χ3n) is 3.41. The van der Waals surface area contributed by atoms with Crippen LogP contribution in [-0.4, -0.2) is 39.4 Å². The molecule has 2 rings (SSSR count). The van der Waals surface area contributed by atoms with Crippen LogP contribution in [0.1, 0.15) is 18.1 Å². The Morgan fingerprint density at radius 2 is 2.25 bits per heavy atom. The molecule has 0 aliphatic carbocycles. The number of ether oxygens (including phenoxy) is 3. The number of esters is 1. The van der Waals surface area contributed by atoms with Crippen molar-refractivity contribution in [1.29, 1.82) is 0 Å². The zero-order valence-electron chi connectivity index (χ0n) is 12.0. The summed E-state index contributed by atoms with van der Waals surface area (Å²) in [5, 5.41) is 3.25. The summed E-state index contributed by atoms with van der Waals surface area (Å²) in [6, 6.07) is 7.80. The predicted molar refractivity (Wildman–Crippen MR) is 74.3 cm³/mol. The summed E-state index contributed by atoms with van der Waals surface area (Å²) in [6.45, 7) is 4.00. The van der Waals surface area contributed by atoms with Gasteiger partial charge in [0.15, 0.2) is 5.54 Å². The number of hydrogen-bond donors (Lipinski definition) is 1. The van der Waals surface area contributed by atoms with Gasteiger partial charge in [0.05, 0.1) is 26.4 Å². The largest absolute Gasteiger partial charge is 0.464 e. The molecule has 1 atom stereocenters. The summed E-state index contributed by atoms with van der Waals surface area (Å²) >= 11 is 0. The number of methoxy groups -OCH3 is 1. The Balaban J connectivity index is 2.34. The van der Waals surface area contributed by atoms with Gasteiger partial charge in [0.1, 0.15) is 0 Å². The molecule has 1 unspecified atom stereocenters. The van der Waals surface area contributed by atoms with Crippen molar-refractivity contribution in [3.05, 3.63) is 35.4 Å². The van der Waals surface area contributed by atoms with Gasteiger partial charge in [-0.2, -0.15) is 0 Å². The average molecular weight is 279 g/mol. The molecule has 1 aromatic rings. The van der Waals surface area contributed by atoms with Crippen LogP contribution < -0.4 is 5.32 Å². The average Bonchev–Trinajstić information content (AvgIpc) is 2.48. The highest BCUT2D eigenvalue weighted by molar-refractivity contribution is 5.83. The maximum Gasteiger partial charge on any atom is 0.333 e. The summed E-state index contributed by atoms with van der Waals surface area (Å²) in [5.74, 6) is -0.303. The molecule has 1 aliphatic rings. The zero-order chi connectivity index (χ0) is 14.4. The number of carbonyl (C=O) groups is 1. The molecule has 0 amide bonds. The second-order valence-corrected chi connectivity index (χ2v) is 4.70. The van der Waals surface area contributed by atoms with E-state index in [-0.39, 0.29) is 12.6 Å². The third-order valence-corrected chi connectivity index (χ3v) is 3.41. The van der Waals surface area contributed by atoms with Crippen LogP contribution in [0.2, 0.25) is 0 Å².